The molecule has 0 aromatic heterocycles. The molecule has 6 heteroatoms. The van der Waals surface area contributed by atoms with E-state index in [0.29, 0.717) is 22.5 Å². The van der Waals surface area contributed by atoms with Crippen molar-refractivity contribution in [2.45, 2.75) is 33.3 Å². The van der Waals surface area contributed by atoms with Crippen molar-refractivity contribution < 1.29 is 19.1 Å². The minimum atomic E-state index is -0.621. The van der Waals surface area contributed by atoms with E-state index in [9.17, 15) is 14.4 Å². The van der Waals surface area contributed by atoms with Gasteiger partial charge in [-0.05, 0) is 39.0 Å². The lowest BCUT2D eigenvalue weighted by atomic mass is 10.1. The third-order valence-electron chi connectivity index (χ3n) is 3.50. The van der Waals surface area contributed by atoms with Crippen LogP contribution >= 0.6 is 0 Å². The molecule has 0 atom stereocenters. The van der Waals surface area contributed by atoms with Gasteiger partial charge < -0.3 is 15.4 Å². The number of hydrogen-bond acceptors (Lipinski definition) is 5. The summed E-state index contributed by atoms with van der Waals surface area (Å²) in [5, 5.41) is 5.69. The van der Waals surface area contributed by atoms with Gasteiger partial charge in [-0.25, -0.2) is 4.79 Å². The van der Waals surface area contributed by atoms with E-state index >= 15 is 0 Å². The van der Waals surface area contributed by atoms with E-state index in [1.807, 2.05) is 6.07 Å². The van der Waals surface area contributed by atoms with Crippen molar-refractivity contribution in [2.75, 3.05) is 17.2 Å². The minimum absolute atomic E-state index is 0.0222. The largest absolute Gasteiger partial charge is 0.456 e. The molecule has 2 aromatic carbocycles. The lowest BCUT2D eigenvalue weighted by Crippen LogP contribution is -2.24. The molecule has 0 spiro atoms. The maximum atomic E-state index is 12.3. The fourth-order valence-corrected chi connectivity index (χ4v) is 2.35. The normalized spacial score (nSPS) is 10.8. The van der Waals surface area contributed by atoms with Gasteiger partial charge in [0, 0.05) is 12.5 Å². The number of anilines is 2. The summed E-state index contributed by atoms with van der Waals surface area (Å²) in [5.74, 6) is -0.834. The van der Waals surface area contributed by atoms with Crippen molar-refractivity contribution in [3.63, 3.8) is 0 Å². The molecule has 1 amide bonds. The van der Waals surface area contributed by atoms with Crippen molar-refractivity contribution in [3.05, 3.63) is 59.7 Å². The average Bonchev–Trinajstić information content (AvgIpc) is 2.59. The van der Waals surface area contributed by atoms with Crippen molar-refractivity contribution >= 4 is 29.0 Å². The Morgan fingerprint density at radius 1 is 0.926 bits per heavy atom. The topological polar surface area (TPSA) is 84.5 Å². The number of carbonyl (C=O) groups excluding carboxylic acids is 3. The van der Waals surface area contributed by atoms with E-state index in [4.69, 9.17) is 4.74 Å². The van der Waals surface area contributed by atoms with Crippen molar-refractivity contribution in [3.8, 4) is 0 Å². The number of hydrogen-bond donors (Lipinski definition) is 2. The summed E-state index contributed by atoms with van der Waals surface area (Å²) < 4.78 is 5.37. The summed E-state index contributed by atoms with van der Waals surface area (Å²) in [4.78, 5) is 36.1. The molecule has 27 heavy (non-hydrogen) atoms. The molecule has 0 fully saturated rings. The van der Waals surface area contributed by atoms with Crippen molar-refractivity contribution in [2.24, 2.45) is 0 Å². The highest BCUT2D eigenvalue weighted by Gasteiger charge is 2.19. The van der Waals surface area contributed by atoms with Crippen LogP contribution in [-0.2, 0) is 9.53 Å². The predicted octanol–water partition coefficient (Wildman–Crippen LogP) is 3.90. The predicted molar refractivity (Wildman–Crippen MR) is 105 cm³/mol. The van der Waals surface area contributed by atoms with E-state index in [1.54, 1.807) is 63.2 Å². The second kappa shape index (κ2) is 8.49. The molecule has 2 rings (SSSR count). The van der Waals surface area contributed by atoms with Crippen LogP contribution in [0.25, 0.3) is 0 Å². The Kier molecular flexibility index (Phi) is 6.34. The zero-order chi connectivity index (χ0) is 20.0. The highest BCUT2D eigenvalue weighted by molar-refractivity contribution is 6.01. The molecule has 0 aliphatic heterocycles. The third kappa shape index (κ3) is 6.26. The number of ketones is 1. The van der Waals surface area contributed by atoms with E-state index in [0.717, 1.165) is 0 Å². The van der Waals surface area contributed by atoms with E-state index in [1.165, 1.54) is 6.92 Å². The Bertz CT molecular complexity index is 839. The lowest BCUT2D eigenvalue weighted by Gasteiger charge is -2.20. The first-order chi connectivity index (χ1) is 12.7. The Balaban J connectivity index is 2.22. The molecule has 0 bridgehead atoms. The number of benzene rings is 2. The van der Waals surface area contributed by atoms with Crippen LogP contribution in [0, 0.1) is 0 Å². The van der Waals surface area contributed by atoms with Gasteiger partial charge in [0.05, 0.1) is 23.5 Å². The Morgan fingerprint density at radius 3 is 2.19 bits per heavy atom. The molecule has 0 heterocycles. The Morgan fingerprint density at radius 2 is 1.59 bits per heavy atom. The second-order valence-electron chi connectivity index (χ2n) is 7.09. The fourth-order valence-electron chi connectivity index (χ4n) is 2.35. The molecule has 142 valence electrons. The van der Waals surface area contributed by atoms with Gasteiger partial charge in [-0.3, -0.25) is 9.59 Å². The highest BCUT2D eigenvalue weighted by atomic mass is 16.6. The molecule has 0 aliphatic rings. The van der Waals surface area contributed by atoms with Gasteiger partial charge in [0.1, 0.15) is 5.60 Å². The standard InChI is InChI=1S/C21H24N2O4/c1-14(24)23-17-11-10-16(20(26)27-21(2,3)4)12-18(17)22-13-19(25)15-8-6-5-7-9-15/h5-12,22H,13H2,1-4H3,(H,23,24). The lowest BCUT2D eigenvalue weighted by molar-refractivity contribution is -0.114. The van der Waals surface area contributed by atoms with Crippen LogP contribution < -0.4 is 10.6 Å². The zero-order valence-electron chi connectivity index (χ0n) is 16.0. The summed E-state index contributed by atoms with van der Waals surface area (Å²) >= 11 is 0. The number of rotatable bonds is 6. The van der Waals surface area contributed by atoms with Crippen LogP contribution in [0.15, 0.2) is 48.5 Å². The van der Waals surface area contributed by atoms with Gasteiger partial charge in [-0.15, -0.1) is 0 Å². The van der Waals surface area contributed by atoms with E-state index < -0.39 is 11.6 Å². The van der Waals surface area contributed by atoms with E-state index in [2.05, 4.69) is 10.6 Å². The summed E-state index contributed by atoms with van der Waals surface area (Å²) in [6.45, 7) is 6.77. The monoisotopic (exact) mass is 368 g/mol. The van der Waals surface area contributed by atoms with Gasteiger partial charge in [-0.2, -0.15) is 0 Å². The molecule has 2 N–H and O–H groups in total. The van der Waals surface area contributed by atoms with Gasteiger partial charge in [0.25, 0.3) is 0 Å². The summed E-state index contributed by atoms with van der Waals surface area (Å²) in [7, 11) is 0. The fraction of sp³-hybridized carbons (Fsp3) is 0.286. The van der Waals surface area contributed by atoms with Gasteiger partial charge in [0.2, 0.25) is 5.91 Å². The number of ether oxygens (including phenoxy) is 1. The third-order valence-corrected chi connectivity index (χ3v) is 3.50. The average molecular weight is 368 g/mol. The van der Waals surface area contributed by atoms with Crippen LogP contribution in [0.2, 0.25) is 0 Å². The maximum absolute atomic E-state index is 12.3. The van der Waals surface area contributed by atoms with Gasteiger partial charge in [0.15, 0.2) is 5.78 Å². The minimum Gasteiger partial charge on any atom is -0.456 e. The number of carbonyl (C=O) groups is 3. The second-order valence-corrected chi connectivity index (χ2v) is 7.09. The molecule has 0 saturated carbocycles. The zero-order valence-corrected chi connectivity index (χ0v) is 16.0. The Hall–Kier alpha value is -3.15. The van der Waals surface area contributed by atoms with Crippen molar-refractivity contribution in [1.82, 2.24) is 0 Å². The van der Waals surface area contributed by atoms with Gasteiger partial charge >= 0.3 is 5.97 Å². The summed E-state index contributed by atoms with van der Waals surface area (Å²) in [6, 6.07) is 13.6. The molecule has 0 unspecified atom stereocenters. The van der Waals surface area contributed by atoms with Crippen LogP contribution in [0.1, 0.15) is 48.4 Å². The van der Waals surface area contributed by atoms with Crippen LogP contribution in [0.5, 0.6) is 0 Å². The van der Waals surface area contributed by atoms with Crippen molar-refractivity contribution in [1.29, 1.82) is 0 Å². The quantitative estimate of drug-likeness (QED) is 0.597. The highest BCUT2D eigenvalue weighted by Crippen LogP contribution is 2.25. The van der Waals surface area contributed by atoms with Crippen LogP contribution in [0.4, 0.5) is 11.4 Å². The van der Waals surface area contributed by atoms with Gasteiger partial charge in [-0.1, -0.05) is 30.3 Å². The summed E-state index contributed by atoms with van der Waals surface area (Å²) in [6.07, 6.45) is 0. The van der Waals surface area contributed by atoms with E-state index in [-0.39, 0.29) is 18.2 Å². The first-order valence-corrected chi connectivity index (χ1v) is 8.63. The molecule has 6 nitrogen and oxygen atoms in total. The SMILES string of the molecule is CC(=O)Nc1ccc(C(=O)OC(C)(C)C)cc1NCC(=O)c1ccccc1. The molecular formula is C21H24N2O4. The smallest absolute Gasteiger partial charge is 0.338 e. The Labute approximate surface area is 158 Å². The first-order valence-electron chi connectivity index (χ1n) is 8.63. The van der Waals surface area contributed by atoms with Crippen LogP contribution in [-0.4, -0.2) is 29.8 Å². The molecular weight excluding hydrogens is 344 g/mol. The number of esters is 1. The number of Topliss-reactive ketones (excluding diaryl/α,β-unsaturated/α-hetero) is 1. The number of nitrogens with one attached hydrogen (secondary N) is 2. The summed E-state index contributed by atoms with van der Waals surface area (Å²) in [5.41, 5.74) is 1.24. The molecule has 2 aromatic rings. The number of amides is 1. The maximum Gasteiger partial charge on any atom is 0.338 e. The first kappa shape index (κ1) is 20.2. The van der Waals surface area contributed by atoms with Crippen LogP contribution in [0.3, 0.4) is 0 Å². The molecule has 0 radical (unpaired) electrons. The molecule has 0 saturated heterocycles. The molecule has 0 aliphatic carbocycles.